The molecule has 0 amide bonds. The summed E-state index contributed by atoms with van der Waals surface area (Å²) in [5.74, 6) is 0. The van der Waals surface area contributed by atoms with E-state index in [0.29, 0.717) is 6.54 Å². The van der Waals surface area contributed by atoms with Crippen LogP contribution in [0.5, 0.6) is 0 Å². The van der Waals surface area contributed by atoms with Crippen molar-refractivity contribution in [3.8, 4) is 0 Å². The van der Waals surface area contributed by atoms with Gasteiger partial charge in [-0.2, -0.15) is 0 Å². The van der Waals surface area contributed by atoms with Gasteiger partial charge in [0.15, 0.2) is 0 Å². The Morgan fingerprint density at radius 3 is 3.00 bits per heavy atom. The molecule has 0 aromatic heterocycles. The molecule has 0 saturated carbocycles. The smallest absolute Gasteiger partial charge is 0.269 e. The Morgan fingerprint density at radius 1 is 1.67 bits per heavy atom. The molecule has 1 aromatic carbocycles. The van der Waals surface area contributed by atoms with Crippen LogP contribution in [0, 0.1) is 10.1 Å². The summed E-state index contributed by atoms with van der Waals surface area (Å²) in [7, 11) is 0. The number of benzene rings is 1. The molecule has 0 heterocycles. The zero-order valence-electron chi connectivity index (χ0n) is 8.64. The Labute approximate surface area is 88.8 Å². The summed E-state index contributed by atoms with van der Waals surface area (Å²) < 4.78 is 0. The average molecular weight is 206 g/mol. The molecule has 0 radical (unpaired) electrons. The minimum atomic E-state index is -0.385. The Kier molecular flexibility index (Phi) is 4.00. The predicted octanol–water partition coefficient (Wildman–Crippen LogP) is 2.43. The molecule has 1 aromatic rings. The number of rotatable bonds is 5. The van der Waals surface area contributed by atoms with Crippen molar-refractivity contribution in [3.63, 3.8) is 0 Å². The molecule has 0 saturated heterocycles. The molecule has 0 aliphatic rings. The van der Waals surface area contributed by atoms with Crippen LogP contribution >= 0.6 is 0 Å². The monoisotopic (exact) mass is 206 g/mol. The molecule has 4 nitrogen and oxygen atoms in total. The van der Waals surface area contributed by atoms with Crippen molar-refractivity contribution in [2.45, 2.75) is 13.0 Å². The molecular formula is C11H14N2O2. The van der Waals surface area contributed by atoms with E-state index in [1.807, 2.05) is 13.0 Å². The fraction of sp³-hybridized carbons (Fsp3) is 0.273. The first-order chi connectivity index (χ1) is 7.15. The van der Waals surface area contributed by atoms with Gasteiger partial charge in [0.2, 0.25) is 0 Å². The van der Waals surface area contributed by atoms with E-state index in [1.165, 1.54) is 6.07 Å². The van der Waals surface area contributed by atoms with E-state index in [-0.39, 0.29) is 16.7 Å². The average Bonchev–Trinajstić information content (AvgIpc) is 2.26. The molecule has 0 aliphatic heterocycles. The summed E-state index contributed by atoms with van der Waals surface area (Å²) in [6.45, 7) is 6.25. The summed E-state index contributed by atoms with van der Waals surface area (Å²) in [5.41, 5.74) is 1.03. The van der Waals surface area contributed by atoms with Gasteiger partial charge in [0.25, 0.3) is 5.69 Å². The minimum absolute atomic E-state index is 0.0860. The molecule has 15 heavy (non-hydrogen) atoms. The first-order valence-electron chi connectivity index (χ1n) is 4.73. The van der Waals surface area contributed by atoms with Crippen LogP contribution in [0.25, 0.3) is 0 Å². The van der Waals surface area contributed by atoms with Gasteiger partial charge in [-0.1, -0.05) is 18.2 Å². The van der Waals surface area contributed by atoms with Crippen LogP contribution in [-0.2, 0) is 0 Å². The largest absolute Gasteiger partial charge is 0.307 e. The van der Waals surface area contributed by atoms with E-state index < -0.39 is 0 Å². The summed E-state index contributed by atoms with van der Waals surface area (Å²) in [6.07, 6.45) is 1.76. The third-order valence-corrected chi connectivity index (χ3v) is 2.15. The molecule has 0 aliphatic carbocycles. The van der Waals surface area contributed by atoms with Gasteiger partial charge in [0.1, 0.15) is 0 Å². The van der Waals surface area contributed by atoms with Crippen molar-refractivity contribution in [2.24, 2.45) is 0 Å². The third kappa shape index (κ3) is 3.18. The first-order valence-corrected chi connectivity index (χ1v) is 4.73. The van der Waals surface area contributed by atoms with Crippen LogP contribution < -0.4 is 5.32 Å². The van der Waals surface area contributed by atoms with Crippen molar-refractivity contribution in [2.75, 3.05) is 6.54 Å². The SMILES string of the molecule is C=CCNC(C)c1cccc([N+](=O)[O-])c1. The number of hydrogen-bond donors (Lipinski definition) is 1. The summed E-state index contributed by atoms with van der Waals surface area (Å²) in [4.78, 5) is 10.2. The highest BCUT2D eigenvalue weighted by Crippen LogP contribution is 2.18. The molecule has 4 heteroatoms. The lowest BCUT2D eigenvalue weighted by Crippen LogP contribution is -2.18. The van der Waals surface area contributed by atoms with Crippen LogP contribution in [0.3, 0.4) is 0 Å². The van der Waals surface area contributed by atoms with E-state index in [9.17, 15) is 10.1 Å². The maximum absolute atomic E-state index is 10.6. The van der Waals surface area contributed by atoms with Gasteiger partial charge in [-0.25, -0.2) is 0 Å². The zero-order chi connectivity index (χ0) is 11.3. The number of nitrogens with one attached hydrogen (secondary N) is 1. The van der Waals surface area contributed by atoms with E-state index in [4.69, 9.17) is 0 Å². The van der Waals surface area contributed by atoms with E-state index in [0.717, 1.165) is 5.56 Å². The molecule has 1 atom stereocenters. The van der Waals surface area contributed by atoms with E-state index in [1.54, 1.807) is 18.2 Å². The van der Waals surface area contributed by atoms with Crippen LogP contribution in [0.2, 0.25) is 0 Å². The van der Waals surface area contributed by atoms with Crippen molar-refractivity contribution in [3.05, 3.63) is 52.6 Å². The summed E-state index contributed by atoms with van der Waals surface area (Å²) in [6, 6.07) is 6.72. The lowest BCUT2D eigenvalue weighted by molar-refractivity contribution is -0.384. The maximum atomic E-state index is 10.6. The van der Waals surface area contributed by atoms with Crippen LogP contribution in [0.1, 0.15) is 18.5 Å². The Balaban J connectivity index is 2.80. The standard InChI is InChI=1S/C11H14N2O2/c1-3-7-12-9(2)10-5-4-6-11(8-10)13(14)15/h3-6,8-9,12H,1,7H2,2H3. The fourth-order valence-electron chi connectivity index (χ4n) is 1.29. The molecule has 0 bridgehead atoms. The van der Waals surface area contributed by atoms with Crippen molar-refractivity contribution in [1.82, 2.24) is 5.32 Å². The molecule has 1 unspecified atom stereocenters. The lowest BCUT2D eigenvalue weighted by Gasteiger charge is -2.12. The molecule has 0 spiro atoms. The van der Waals surface area contributed by atoms with Crippen LogP contribution in [0.4, 0.5) is 5.69 Å². The zero-order valence-corrected chi connectivity index (χ0v) is 8.64. The van der Waals surface area contributed by atoms with Crippen LogP contribution in [-0.4, -0.2) is 11.5 Å². The second-order valence-corrected chi connectivity index (χ2v) is 3.27. The van der Waals surface area contributed by atoms with Gasteiger partial charge in [0, 0.05) is 24.7 Å². The van der Waals surface area contributed by atoms with Gasteiger partial charge in [-0.05, 0) is 12.5 Å². The van der Waals surface area contributed by atoms with Gasteiger partial charge < -0.3 is 5.32 Å². The number of non-ortho nitro benzene ring substituents is 1. The second-order valence-electron chi connectivity index (χ2n) is 3.27. The Bertz CT molecular complexity index is 363. The van der Waals surface area contributed by atoms with E-state index in [2.05, 4.69) is 11.9 Å². The highest BCUT2D eigenvalue weighted by Gasteiger charge is 2.09. The van der Waals surface area contributed by atoms with Crippen molar-refractivity contribution >= 4 is 5.69 Å². The topological polar surface area (TPSA) is 55.2 Å². The number of nitrogens with zero attached hydrogens (tertiary/aromatic N) is 1. The first kappa shape index (κ1) is 11.4. The predicted molar refractivity (Wildman–Crippen MR) is 59.7 cm³/mol. The second kappa shape index (κ2) is 5.26. The van der Waals surface area contributed by atoms with Crippen LogP contribution in [0.15, 0.2) is 36.9 Å². The maximum Gasteiger partial charge on any atom is 0.269 e. The van der Waals surface area contributed by atoms with Crippen molar-refractivity contribution < 1.29 is 4.92 Å². The molecule has 1 N–H and O–H groups in total. The third-order valence-electron chi connectivity index (χ3n) is 2.15. The molecule has 80 valence electrons. The van der Waals surface area contributed by atoms with Crippen molar-refractivity contribution in [1.29, 1.82) is 0 Å². The lowest BCUT2D eigenvalue weighted by atomic mass is 10.1. The van der Waals surface area contributed by atoms with Gasteiger partial charge in [-0.3, -0.25) is 10.1 Å². The Morgan fingerprint density at radius 2 is 2.40 bits per heavy atom. The summed E-state index contributed by atoms with van der Waals surface area (Å²) >= 11 is 0. The number of nitro benzene ring substituents is 1. The number of nitro groups is 1. The van der Waals surface area contributed by atoms with Gasteiger partial charge in [-0.15, -0.1) is 6.58 Å². The van der Waals surface area contributed by atoms with Gasteiger partial charge in [0.05, 0.1) is 4.92 Å². The van der Waals surface area contributed by atoms with Gasteiger partial charge >= 0.3 is 0 Å². The molecular weight excluding hydrogens is 192 g/mol. The highest BCUT2D eigenvalue weighted by molar-refractivity contribution is 5.35. The molecule has 1 rings (SSSR count). The van der Waals surface area contributed by atoms with E-state index >= 15 is 0 Å². The highest BCUT2D eigenvalue weighted by atomic mass is 16.6. The quantitative estimate of drug-likeness (QED) is 0.457. The minimum Gasteiger partial charge on any atom is -0.307 e. The fourth-order valence-corrected chi connectivity index (χ4v) is 1.29. The summed E-state index contributed by atoms with van der Waals surface area (Å²) in [5, 5.41) is 13.7. The Hall–Kier alpha value is -1.68. The normalized spacial score (nSPS) is 12.1. The number of hydrogen-bond acceptors (Lipinski definition) is 3. The molecule has 0 fully saturated rings.